The van der Waals surface area contributed by atoms with Gasteiger partial charge in [0.25, 0.3) is 0 Å². The third kappa shape index (κ3) is 13.5. The predicted molar refractivity (Wildman–Crippen MR) is 177 cm³/mol. The Kier molecular flexibility index (Phi) is 16.5. The van der Waals surface area contributed by atoms with Crippen LogP contribution in [-0.2, 0) is 35.3 Å². The highest BCUT2D eigenvalue weighted by molar-refractivity contribution is 8.00. The molecule has 0 aromatic heterocycles. The number of carbonyl (C=O) groups is 7. The van der Waals surface area contributed by atoms with Gasteiger partial charge in [0.15, 0.2) is 0 Å². The van der Waals surface area contributed by atoms with E-state index in [1.807, 2.05) is 0 Å². The molecule has 15 nitrogen and oxygen atoms in total. The number of ether oxygens (including phenoxy) is 1. The maximum Gasteiger partial charge on any atom is 0.407 e. The minimum atomic E-state index is -0.992. The number of benzene rings is 1. The Bertz CT molecular complexity index is 1260. The molecule has 0 radical (unpaired) electrons. The molecule has 47 heavy (non-hydrogen) atoms. The summed E-state index contributed by atoms with van der Waals surface area (Å²) in [5.74, 6) is -1.99. The molecule has 1 heterocycles. The van der Waals surface area contributed by atoms with E-state index in [1.54, 1.807) is 44.4 Å². The number of anilines is 1. The molecule has 0 aliphatic carbocycles. The van der Waals surface area contributed by atoms with Gasteiger partial charge in [-0.25, -0.2) is 9.59 Å². The van der Waals surface area contributed by atoms with Gasteiger partial charge in [0, 0.05) is 38.7 Å². The van der Waals surface area contributed by atoms with Gasteiger partial charge in [0.2, 0.25) is 29.5 Å². The van der Waals surface area contributed by atoms with Crippen LogP contribution in [-0.4, -0.2) is 90.3 Å². The van der Waals surface area contributed by atoms with Crippen LogP contribution in [0.1, 0.15) is 64.4 Å². The Balaban J connectivity index is 1.93. The highest BCUT2D eigenvalue weighted by Gasteiger charge is 2.37. The lowest BCUT2D eigenvalue weighted by Crippen LogP contribution is -2.54. The van der Waals surface area contributed by atoms with E-state index < -0.39 is 36.0 Å². The monoisotopic (exact) mass is 677 g/mol. The van der Waals surface area contributed by atoms with Crippen LogP contribution in [0.3, 0.4) is 0 Å². The van der Waals surface area contributed by atoms with Gasteiger partial charge in [-0.2, -0.15) is 11.8 Å². The summed E-state index contributed by atoms with van der Waals surface area (Å²) in [6, 6.07) is 4.01. The smallest absolute Gasteiger partial charge is 0.407 e. The molecule has 16 heteroatoms. The number of rotatable bonds is 19. The van der Waals surface area contributed by atoms with E-state index >= 15 is 0 Å². The molecule has 1 aromatic rings. The van der Waals surface area contributed by atoms with Crippen LogP contribution in [0.25, 0.3) is 0 Å². The van der Waals surface area contributed by atoms with Crippen LogP contribution in [0.15, 0.2) is 24.3 Å². The summed E-state index contributed by atoms with van der Waals surface area (Å²) in [5, 5.41) is 12.8. The molecule has 7 N–H and O–H groups in total. The van der Waals surface area contributed by atoms with E-state index in [0.29, 0.717) is 43.5 Å². The lowest BCUT2D eigenvalue weighted by Gasteiger charge is -2.25. The standard InChI is InChI=1S/C31H47N7O8S/c1-19(2)26(37-24(39)10-6-5-7-16-38-25(40)17-23(47-4)29(38)43)28(42)36-22(9-8-15-34-30(32)44)27(41)35-21-13-11-20(12-14-21)18-46-31(45)33-3/h11-14,19,22-23,26H,5-10,15-18H2,1-4H3,(H,33,45)(H,35,41)(H,36,42)(H,37,39)(H3,32,34,44)/t22-,23?,26?/m0/s1. The van der Waals surface area contributed by atoms with Crippen LogP contribution in [0.4, 0.5) is 15.3 Å². The summed E-state index contributed by atoms with van der Waals surface area (Å²) in [6.45, 7) is 4.11. The van der Waals surface area contributed by atoms with Gasteiger partial charge in [-0.15, -0.1) is 0 Å². The van der Waals surface area contributed by atoms with Crippen molar-refractivity contribution in [2.45, 2.75) is 82.7 Å². The third-order valence-electron chi connectivity index (χ3n) is 7.44. The van der Waals surface area contributed by atoms with E-state index in [-0.39, 0.29) is 61.3 Å². The van der Waals surface area contributed by atoms with Crippen LogP contribution in [0, 0.1) is 5.92 Å². The number of hydrogen-bond donors (Lipinski definition) is 6. The molecule has 0 spiro atoms. The quantitative estimate of drug-likeness (QED) is 0.0924. The predicted octanol–water partition coefficient (Wildman–Crippen LogP) is 1.61. The Labute approximate surface area is 279 Å². The number of unbranched alkanes of at least 4 members (excludes halogenated alkanes) is 2. The fourth-order valence-electron chi connectivity index (χ4n) is 4.77. The average molecular weight is 678 g/mol. The minimum absolute atomic E-state index is 0.0428. The highest BCUT2D eigenvalue weighted by Crippen LogP contribution is 2.23. The van der Waals surface area contributed by atoms with Crippen molar-refractivity contribution in [2.75, 3.05) is 31.7 Å². The van der Waals surface area contributed by atoms with Gasteiger partial charge < -0.3 is 37.1 Å². The number of carbonyl (C=O) groups excluding carboxylic acids is 7. The molecule has 0 saturated carbocycles. The van der Waals surface area contributed by atoms with Crippen molar-refractivity contribution in [3.05, 3.63) is 29.8 Å². The van der Waals surface area contributed by atoms with Gasteiger partial charge in [0.1, 0.15) is 18.7 Å². The van der Waals surface area contributed by atoms with Crippen molar-refractivity contribution in [3.63, 3.8) is 0 Å². The molecule has 8 amide bonds. The number of alkyl carbamates (subject to hydrolysis) is 1. The fourth-order valence-corrected chi connectivity index (χ4v) is 5.41. The first kappa shape index (κ1) is 38.8. The summed E-state index contributed by atoms with van der Waals surface area (Å²) in [4.78, 5) is 87.4. The zero-order valence-electron chi connectivity index (χ0n) is 27.4. The van der Waals surface area contributed by atoms with Crippen molar-refractivity contribution >= 4 is 59.1 Å². The lowest BCUT2D eigenvalue weighted by molar-refractivity contribution is -0.138. The zero-order chi connectivity index (χ0) is 34.9. The molecule has 1 saturated heterocycles. The van der Waals surface area contributed by atoms with Crippen LogP contribution < -0.4 is 32.3 Å². The Morgan fingerprint density at radius 2 is 1.70 bits per heavy atom. The van der Waals surface area contributed by atoms with Gasteiger partial charge in [-0.1, -0.05) is 32.4 Å². The largest absolute Gasteiger partial charge is 0.445 e. The lowest BCUT2D eigenvalue weighted by atomic mass is 10.0. The number of amides is 8. The summed E-state index contributed by atoms with van der Waals surface area (Å²) in [6.07, 6.45) is 3.82. The van der Waals surface area contributed by atoms with Crippen molar-refractivity contribution < 1.29 is 38.3 Å². The summed E-state index contributed by atoms with van der Waals surface area (Å²) in [7, 11) is 1.45. The number of hydrogen-bond acceptors (Lipinski definition) is 9. The third-order valence-corrected chi connectivity index (χ3v) is 8.37. The molecule has 1 aliphatic rings. The van der Waals surface area contributed by atoms with Crippen LogP contribution in [0.2, 0.25) is 0 Å². The summed E-state index contributed by atoms with van der Waals surface area (Å²) in [5.41, 5.74) is 6.28. The number of primary amides is 1. The maximum absolute atomic E-state index is 13.3. The number of nitrogens with two attached hydrogens (primary N) is 1. The number of urea groups is 1. The van der Waals surface area contributed by atoms with Gasteiger partial charge >= 0.3 is 12.1 Å². The molecule has 3 atom stereocenters. The Morgan fingerprint density at radius 1 is 1.00 bits per heavy atom. The summed E-state index contributed by atoms with van der Waals surface area (Å²) >= 11 is 1.37. The average Bonchev–Trinajstić information content (AvgIpc) is 3.31. The first-order valence-electron chi connectivity index (χ1n) is 15.6. The highest BCUT2D eigenvalue weighted by atomic mass is 32.2. The zero-order valence-corrected chi connectivity index (χ0v) is 28.2. The molecule has 1 aromatic carbocycles. The SMILES string of the molecule is CNC(=O)OCc1ccc(NC(=O)[C@H](CCCNC(N)=O)NC(=O)C(NC(=O)CCCCCN2C(=O)CC(SC)C2=O)C(C)C)cc1. The second-order valence-electron chi connectivity index (χ2n) is 11.4. The van der Waals surface area contributed by atoms with Gasteiger partial charge in [-0.05, 0) is 55.6 Å². The molecule has 2 rings (SSSR count). The van der Waals surface area contributed by atoms with Crippen molar-refractivity contribution in [2.24, 2.45) is 11.7 Å². The van der Waals surface area contributed by atoms with Crippen LogP contribution >= 0.6 is 11.8 Å². The molecule has 1 fully saturated rings. The first-order valence-corrected chi connectivity index (χ1v) is 16.9. The van der Waals surface area contributed by atoms with Crippen LogP contribution in [0.5, 0.6) is 0 Å². The molecule has 260 valence electrons. The number of nitrogens with zero attached hydrogens (tertiary/aromatic N) is 1. The molecular weight excluding hydrogens is 630 g/mol. The van der Waals surface area contributed by atoms with Gasteiger partial charge in [-0.3, -0.25) is 28.9 Å². The van der Waals surface area contributed by atoms with E-state index in [9.17, 15) is 33.6 Å². The topological polar surface area (TPSA) is 218 Å². The van der Waals surface area contributed by atoms with E-state index in [0.717, 1.165) is 0 Å². The van der Waals surface area contributed by atoms with Crippen molar-refractivity contribution in [1.82, 2.24) is 26.2 Å². The summed E-state index contributed by atoms with van der Waals surface area (Å²) < 4.78 is 5.01. The Morgan fingerprint density at radius 3 is 2.30 bits per heavy atom. The van der Waals surface area contributed by atoms with Crippen molar-refractivity contribution in [3.8, 4) is 0 Å². The molecule has 2 unspecified atom stereocenters. The Hall–Kier alpha value is -4.34. The normalized spacial score (nSPS) is 15.5. The van der Waals surface area contributed by atoms with E-state index in [1.165, 1.54) is 23.7 Å². The number of thioether (sulfide) groups is 1. The van der Waals surface area contributed by atoms with Crippen molar-refractivity contribution in [1.29, 1.82) is 0 Å². The van der Waals surface area contributed by atoms with E-state index in [4.69, 9.17) is 10.5 Å². The first-order chi connectivity index (χ1) is 22.4. The van der Waals surface area contributed by atoms with Gasteiger partial charge in [0.05, 0.1) is 5.25 Å². The molecule has 0 bridgehead atoms. The second-order valence-corrected chi connectivity index (χ2v) is 12.5. The minimum Gasteiger partial charge on any atom is -0.445 e. The number of likely N-dealkylation sites (tertiary alicyclic amines) is 1. The molecule has 1 aliphatic heterocycles. The van der Waals surface area contributed by atoms with E-state index in [2.05, 4.69) is 26.6 Å². The second kappa shape index (κ2) is 20.0. The number of imide groups is 1. The fraction of sp³-hybridized carbons (Fsp3) is 0.581. The maximum atomic E-state index is 13.3. The molecular formula is C31H47N7O8S. The number of nitrogens with one attached hydrogen (secondary N) is 5.